The van der Waals surface area contributed by atoms with Crippen LogP contribution >= 0.6 is 0 Å². The van der Waals surface area contributed by atoms with Crippen LogP contribution in [0.25, 0.3) is 0 Å². The van der Waals surface area contributed by atoms with Crippen molar-refractivity contribution in [2.24, 2.45) is 5.41 Å². The first-order chi connectivity index (χ1) is 14.9. The van der Waals surface area contributed by atoms with Crippen LogP contribution in [-0.2, 0) is 0 Å². The van der Waals surface area contributed by atoms with Crippen molar-refractivity contribution < 1.29 is 0 Å². The highest BCUT2D eigenvalue weighted by atomic mass is 14.4. The van der Waals surface area contributed by atoms with Crippen LogP contribution in [0.4, 0.5) is 0 Å². The van der Waals surface area contributed by atoms with Gasteiger partial charge in [0.1, 0.15) is 0 Å². The van der Waals surface area contributed by atoms with Gasteiger partial charge in [-0.25, -0.2) is 0 Å². The van der Waals surface area contributed by atoms with Crippen LogP contribution in [0.1, 0.15) is 91.9 Å². The first-order valence-electron chi connectivity index (χ1n) is 12.6. The fourth-order valence-electron chi connectivity index (χ4n) is 7.52. The average molecular weight is 409 g/mol. The van der Waals surface area contributed by atoms with E-state index in [1.807, 2.05) is 0 Å². The van der Waals surface area contributed by atoms with E-state index in [1.54, 1.807) is 55.7 Å². The molecule has 160 valence electrons. The molecule has 0 atom stereocenters. The van der Waals surface area contributed by atoms with E-state index in [1.165, 1.54) is 75.4 Å². The molecule has 0 heteroatoms. The van der Waals surface area contributed by atoms with E-state index < -0.39 is 0 Å². The minimum atomic E-state index is 0.0296. The van der Waals surface area contributed by atoms with Crippen LogP contribution < -0.4 is 0 Å². The Bertz CT molecular complexity index is 1050. The van der Waals surface area contributed by atoms with Crippen LogP contribution in [0.3, 0.4) is 0 Å². The molecule has 31 heavy (non-hydrogen) atoms. The molecule has 0 heterocycles. The summed E-state index contributed by atoms with van der Waals surface area (Å²) in [4.78, 5) is 0. The predicted octanol–water partition coefficient (Wildman–Crippen LogP) is 8.93. The lowest BCUT2D eigenvalue weighted by Gasteiger charge is -2.36. The molecule has 0 spiro atoms. The highest BCUT2D eigenvalue weighted by molar-refractivity contribution is 5.73. The summed E-state index contributed by atoms with van der Waals surface area (Å²) < 4.78 is 0. The Balaban J connectivity index is 1.42. The van der Waals surface area contributed by atoms with Crippen molar-refractivity contribution in [2.75, 3.05) is 0 Å². The molecule has 0 aromatic rings. The van der Waals surface area contributed by atoms with Crippen molar-refractivity contribution in [3.63, 3.8) is 0 Å². The van der Waals surface area contributed by atoms with Gasteiger partial charge >= 0.3 is 0 Å². The first-order valence-corrected chi connectivity index (χ1v) is 12.6. The van der Waals surface area contributed by atoms with Crippen molar-refractivity contribution in [3.05, 3.63) is 91.2 Å². The van der Waals surface area contributed by atoms with Crippen LogP contribution in [-0.4, -0.2) is 0 Å². The Morgan fingerprint density at radius 1 is 0.581 bits per heavy atom. The van der Waals surface area contributed by atoms with Crippen molar-refractivity contribution >= 4 is 0 Å². The normalized spacial score (nSPS) is 25.7. The van der Waals surface area contributed by atoms with E-state index in [4.69, 9.17) is 0 Å². The van der Waals surface area contributed by atoms with E-state index in [0.29, 0.717) is 0 Å². The molecule has 0 bridgehead atoms. The van der Waals surface area contributed by atoms with Crippen molar-refractivity contribution in [2.45, 2.75) is 91.9 Å². The van der Waals surface area contributed by atoms with E-state index >= 15 is 0 Å². The molecular weight excluding hydrogens is 372 g/mol. The molecule has 0 nitrogen and oxygen atoms in total. The monoisotopic (exact) mass is 408 g/mol. The fourth-order valence-corrected chi connectivity index (χ4v) is 7.52. The molecule has 0 aromatic heterocycles. The number of allylic oxidation sites excluding steroid dienone is 16. The summed E-state index contributed by atoms with van der Waals surface area (Å²) >= 11 is 0. The SMILES string of the molecule is CC1=C(C(C)(C)C2=C(C)C=C3CC4=C(C=C32)CCCC4)C2=CC3=C(CCCC3)CC2=C1. The van der Waals surface area contributed by atoms with Gasteiger partial charge < -0.3 is 0 Å². The van der Waals surface area contributed by atoms with E-state index in [2.05, 4.69) is 52.0 Å². The Labute approximate surface area is 188 Å². The second kappa shape index (κ2) is 6.96. The van der Waals surface area contributed by atoms with Crippen LogP contribution in [0.2, 0.25) is 0 Å². The van der Waals surface area contributed by atoms with Crippen LogP contribution in [0.5, 0.6) is 0 Å². The number of rotatable bonds is 2. The van der Waals surface area contributed by atoms with Gasteiger partial charge in [-0.15, -0.1) is 0 Å². The third kappa shape index (κ3) is 2.94. The van der Waals surface area contributed by atoms with Crippen molar-refractivity contribution in [3.8, 4) is 0 Å². The lowest BCUT2D eigenvalue weighted by atomic mass is 9.67. The Hall–Kier alpha value is -2.08. The Kier molecular flexibility index (Phi) is 4.40. The Morgan fingerprint density at radius 2 is 1.00 bits per heavy atom. The summed E-state index contributed by atoms with van der Waals surface area (Å²) in [5.74, 6) is 0. The quantitative estimate of drug-likeness (QED) is 0.428. The molecule has 0 amide bonds. The molecule has 0 unspecified atom stereocenters. The van der Waals surface area contributed by atoms with Crippen molar-refractivity contribution in [1.29, 1.82) is 0 Å². The second-order valence-electron chi connectivity index (χ2n) is 11.2. The largest absolute Gasteiger partial charge is 0.0626 e. The van der Waals surface area contributed by atoms with E-state index in [0.717, 1.165) is 0 Å². The first kappa shape index (κ1) is 19.6. The third-order valence-electron chi connectivity index (χ3n) is 8.75. The highest BCUT2D eigenvalue weighted by Gasteiger charge is 2.41. The van der Waals surface area contributed by atoms with Gasteiger partial charge in [0.05, 0.1) is 0 Å². The molecule has 6 aliphatic carbocycles. The summed E-state index contributed by atoms with van der Waals surface area (Å²) in [5, 5.41) is 0. The summed E-state index contributed by atoms with van der Waals surface area (Å²) in [6.45, 7) is 9.71. The van der Waals surface area contributed by atoms with E-state index in [9.17, 15) is 0 Å². The standard InChI is InChI=1S/C31H36/c1-19-13-25-15-21-9-5-7-11-23(21)17-27(25)29(19)31(3,4)30-20(2)14-26-16-22-10-6-8-12-24(22)18-28(26)30/h13-14,17-18H,5-12,15-16H2,1-4H3. The molecular formula is C31H36. The van der Waals surface area contributed by atoms with Gasteiger partial charge in [0.25, 0.3) is 0 Å². The van der Waals surface area contributed by atoms with Gasteiger partial charge in [0, 0.05) is 5.41 Å². The second-order valence-corrected chi connectivity index (χ2v) is 11.2. The third-order valence-corrected chi connectivity index (χ3v) is 8.75. The van der Waals surface area contributed by atoms with Gasteiger partial charge in [-0.1, -0.05) is 49.3 Å². The zero-order valence-electron chi connectivity index (χ0n) is 19.9. The van der Waals surface area contributed by atoms with Gasteiger partial charge in [0.15, 0.2) is 0 Å². The fraction of sp³-hybridized carbons (Fsp3) is 0.484. The summed E-state index contributed by atoms with van der Waals surface area (Å²) in [5.41, 5.74) is 19.3. The topological polar surface area (TPSA) is 0 Å². The molecule has 0 fully saturated rings. The minimum Gasteiger partial charge on any atom is -0.0626 e. The van der Waals surface area contributed by atoms with Crippen LogP contribution in [0, 0.1) is 5.41 Å². The van der Waals surface area contributed by atoms with Gasteiger partial charge in [-0.05, 0) is 134 Å². The van der Waals surface area contributed by atoms with Crippen molar-refractivity contribution in [1.82, 2.24) is 0 Å². The molecule has 0 radical (unpaired) electrons. The molecule has 0 saturated carbocycles. The predicted molar refractivity (Wildman–Crippen MR) is 132 cm³/mol. The maximum Gasteiger partial charge on any atom is 0.0163 e. The smallest absolute Gasteiger partial charge is 0.0163 e. The van der Waals surface area contributed by atoms with Gasteiger partial charge in [-0.2, -0.15) is 0 Å². The number of hydrogen-bond donors (Lipinski definition) is 0. The zero-order valence-corrected chi connectivity index (χ0v) is 19.9. The molecule has 0 aromatic carbocycles. The summed E-state index contributed by atoms with van der Waals surface area (Å²) in [7, 11) is 0. The average Bonchev–Trinajstić information content (AvgIpc) is 3.24. The maximum atomic E-state index is 2.59. The lowest BCUT2D eigenvalue weighted by molar-refractivity contribution is 0.547. The lowest BCUT2D eigenvalue weighted by Crippen LogP contribution is -2.23. The van der Waals surface area contributed by atoms with Gasteiger partial charge in [-0.3, -0.25) is 0 Å². The Morgan fingerprint density at radius 3 is 1.45 bits per heavy atom. The minimum absolute atomic E-state index is 0.0296. The molecule has 0 saturated heterocycles. The van der Waals surface area contributed by atoms with Crippen LogP contribution in [0.15, 0.2) is 91.2 Å². The van der Waals surface area contributed by atoms with Gasteiger partial charge in [0.2, 0.25) is 0 Å². The summed E-state index contributed by atoms with van der Waals surface area (Å²) in [6.07, 6.45) is 23.3. The summed E-state index contributed by atoms with van der Waals surface area (Å²) in [6, 6.07) is 0. The highest BCUT2D eigenvalue weighted by Crippen LogP contribution is 2.56. The molecule has 0 aliphatic heterocycles. The molecule has 0 N–H and O–H groups in total. The van der Waals surface area contributed by atoms with E-state index in [-0.39, 0.29) is 5.41 Å². The number of hydrogen-bond acceptors (Lipinski definition) is 0. The number of fused-ring (bicyclic) bond motifs is 2. The molecule has 6 rings (SSSR count). The molecule has 6 aliphatic rings. The zero-order chi connectivity index (χ0) is 21.3. The maximum absolute atomic E-state index is 2.59.